The standard InChI is InChI=1S/C8H11.Fe/c1-7(2)8-5-3-4-6-8;/h3,5,7H,4H2,1-2H3;. The van der Waals surface area contributed by atoms with Crippen LogP contribution < -0.4 is 0 Å². The fourth-order valence-corrected chi connectivity index (χ4v) is 1.53. The number of hydrogen-bond acceptors (Lipinski definition) is 0. The van der Waals surface area contributed by atoms with E-state index in [1.807, 2.05) is 0 Å². The Morgan fingerprint density at radius 3 is 2.44 bits per heavy atom. The summed E-state index contributed by atoms with van der Waals surface area (Å²) in [6.45, 7) is 4.41. The Morgan fingerprint density at radius 1 is 1.56 bits per heavy atom. The predicted octanol–water partition coefficient (Wildman–Crippen LogP) is 2.40. The predicted molar refractivity (Wildman–Crippen MR) is 35.6 cm³/mol. The van der Waals surface area contributed by atoms with Gasteiger partial charge < -0.3 is 0 Å². The molecule has 0 radical (unpaired) electrons. The second-order valence-electron chi connectivity index (χ2n) is 2.61. The van der Waals surface area contributed by atoms with Crippen LogP contribution in [0, 0.1) is 5.92 Å². The van der Waals surface area contributed by atoms with Crippen LogP contribution >= 0.6 is 0 Å². The number of hydrogen-bond donors (Lipinski definition) is 0. The van der Waals surface area contributed by atoms with Gasteiger partial charge >= 0.3 is 64.4 Å². The molecule has 1 aliphatic carbocycles. The van der Waals surface area contributed by atoms with Gasteiger partial charge in [0.15, 0.2) is 0 Å². The second kappa shape index (κ2) is 2.72. The molecule has 0 atom stereocenters. The first kappa shape index (κ1) is 7.11. The van der Waals surface area contributed by atoms with Crippen molar-refractivity contribution in [3.8, 4) is 0 Å². The molecule has 0 aromatic carbocycles. The normalized spacial score (nSPS) is 18.2. The zero-order chi connectivity index (χ0) is 6.85. The monoisotopic (exact) mass is 163 g/mol. The molecule has 0 fully saturated rings. The van der Waals surface area contributed by atoms with E-state index in [0.717, 1.165) is 6.42 Å². The first-order valence-electron chi connectivity index (χ1n) is 3.25. The van der Waals surface area contributed by atoms with E-state index in [9.17, 15) is 0 Å². The Labute approximate surface area is 64.8 Å². The average Bonchev–Trinajstić information content (AvgIpc) is 2.13. The summed E-state index contributed by atoms with van der Waals surface area (Å²) >= 11 is 3.96. The van der Waals surface area contributed by atoms with Crippen LogP contribution in [0.15, 0.2) is 22.2 Å². The molecule has 0 heterocycles. The van der Waals surface area contributed by atoms with Gasteiger partial charge in [-0.25, -0.2) is 0 Å². The number of rotatable bonds is 1. The fraction of sp³-hybridized carbons (Fsp3) is 0.500. The van der Waals surface area contributed by atoms with Crippen LogP contribution in [0.2, 0.25) is 0 Å². The van der Waals surface area contributed by atoms with Gasteiger partial charge in [0.05, 0.1) is 0 Å². The van der Waals surface area contributed by atoms with Crippen molar-refractivity contribution in [2.45, 2.75) is 20.3 Å². The van der Waals surface area contributed by atoms with Crippen LogP contribution in [0.4, 0.5) is 0 Å². The summed E-state index contributed by atoms with van der Waals surface area (Å²) in [5, 5.41) is 0. The minimum atomic E-state index is 0.649. The first-order chi connectivity index (χ1) is 4.22. The van der Waals surface area contributed by atoms with Gasteiger partial charge in [-0.05, 0) is 0 Å². The Bertz CT molecular complexity index is 163. The van der Waals surface area contributed by atoms with E-state index in [-0.39, 0.29) is 0 Å². The topological polar surface area (TPSA) is 0 Å². The molecule has 0 spiro atoms. The van der Waals surface area contributed by atoms with Crippen LogP contribution in [0.25, 0.3) is 0 Å². The summed E-state index contributed by atoms with van der Waals surface area (Å²) in [6, 6.07) is 0. The molecule has 1 rings (SSSR count). The van der Waals surface area contributed by atoms with E-state index in [0.29, 0.717) is 5.92 Å². The van der Waals surface area contributed by atoms with E-state index in [1.165, 1.54) is 10.0 Å². The van der Waals surface area contributed by atoms with Gasteiger partial charge in [0.25, 0.3) is 0 Å². The third-order valence-electron chi connectivity index (χ3n) is 1.52. The van der Waals surface area contributed by atoms with Crippen molar-refractivity contribution in [1.29, 1.82) is 0 Å². The molecule has 0 aromatic heterocycles. The molecule has 0 aliphatic heterocycles. The minimum absolute atomic E-state index is 0.649. The van der Waals surface area contributed by atoms with Crippen LogP contribution in [0.5, 0.6) is 0 Å². The van der Waals surface area contributed by atoms with Crippen LogP contribution in [-0.4, -0.2) is 0 Å². The van der Waals surface area contributed by atoms with Crippen molar-refractivity contribution in [1.82, 2.24) is 0 Å². The zero-order valence-electron chi connectivity index (χ0n) is 5.79. The third-order valence-corrected chi connectivity index (χ3v) is 2.06. The van der Waals surface area contributed by atoms with E-state index in [2.05, 4.69) is 42.0 Å². The molecule has 0 bridgehead atoms. The van der Waals surface area contributed by atoms with E-state index in [1.54, 1.807) is 0 Å². The molecule has 1 heteroatoms. The Balaban J connectivity index is 2.77. The maximum absolute atomic E-state index is 3.96. The van der Waals surface area contributed by atoms with Crippen molar-refractivity contribution < 1.29 is 16.0 Å². The molecule has 9 heavy (non-hydrogen) atoms. The summed E-state index contributed by atoms with van der Waals surface area (Å²) in [5.41, 5.74) is 1.43. The van der Waals surface area contributed by atoms with Gasteiger partial charge in [-0.2, -0.15) is 0 Å². The van der Waals surface area contributed by atoms with Crippen molar-refractivity contribution >= 4 is 0 Å². The summed E-state index contributed by atoms with van der Waals surface area (Å²) in [5.74, 6) is 0.649. The van der Waals surface area contributed by atoms with Gasteiger partial charge in [-0.1, -0.05) is 0 Å². The van der Waals surface area contributed by atoms with Gasteiger partial charge in [-0.15, -0.1) is 0 Å². The van der Waals surface area contributed by atoms with Gasteiger partial charge in [0.1, 0.15) is 0 Å². The van der Waals surface area contributed by atoms with Crippen molar-refractivity contribution in [3.63, 3.8) is 0 Å². The zero-order valence-corrected chi connectivity index (χ0v) is 6.90. The summed E-state index contributed by atoms with van der Waals surface area (Å²) < 4.78 is 1.30. The van der Waals surface area contributed by atoms with Crippen molar-refractivity contribution in [2.24, 2.45) is 5.92 Å². The summed E-state index contributed by atoms with van der Waals surface area (Å²) in [7, 11) is 0. The molecule has 51 valence electrons. The summed E-state index contributed by atoms with van der Waals surface area (Å²) in [6.07, 6.45) is 5.43. The second-order valence-corrected chi connectivity index (χ2v) is 3.27. The molecule has 0 aromatic rings. The van der Waals surface area contributed by atoms with E-state index in [4.69, 9.17) is 0 Å². The Hall–Kier alpha value is -0.000519. The number of allylic oxidation sites excluding steroid dienone is 4. The summed E-state index contributed by atoms with van der Waals surface area (Å²) in [4.78, 5) is 0. The van der Waals surface area contributed by atoms with E-state index >= 15 is 0 Å². The molecular formula is C8H11Fe. The molecule has 0 nitrogen and oxygen atoms in total. The molecule has 0 N–H and O–H groups in total. The molecule has 1 aliphatic rings. The molecule has 0 amide bonds. The quantitative estimate of drug-likeness (QED) is 0.520. The van der Waals surface area contributed by atoms with Gasteiger partial charge in [0, 0.05) is 0 Å². The van der Waals surface area contributed by atoms with Gasteiger partial charge in [0.2, 0.25) is 0 Å². The molecule has 0 saturated heterocycles. The Morgan fingerprint density at radius 2 is 2.22 bits per heavy atom. The van der Waals surface area contributed by atoms with Crippen molar-refractivity contribution in [2.75, 3.05) is 0 Å². The average molecular weight is 163 g/mol. The van der Waals surface area contributed by atoms with Crippen LogP contribution in [-0.2, 0) is 16.0 Å². The fourth-order valence-electron chi connectivity index (χ4n) is 0.991. The first-order valence-corrected chi connectivity index (χ1v) is 3.81. The van der Waals surface area contributed by atoms with Crippen LogP contribution in [0.3, 0.4) is 0 Å². The molecule has 0 unspecified atom stereocenters. The SMILES string of the molecule is CC(C)C1=[C]([Fe])CC=C1. The molecular weight excluding hydrogens is 152 g/mol. The van der Waals surface area contributed by atoms with Crippen LogP contribution in [0.1, 0.15) is 20.3 Å². The van der Waals surface area contributed by atoms with E-state index < -0.39 is 0 Å². The Kier molecular flexibility index (Phi) is 2.15. The maximum atomic E-state index is 3.96. The third kappa shape index (κ3) is 1.47. The van der Waals surface area contributed by atoms with Gasteiger partial charge in [-0.3, -0.25) is 0 Å². The molecule has 0 saturated carbocycles. The van der Waals surface area contributed by atoms with Crippen molar-refractivity contribution in [3.05, 3.63) is 22.2 Å².